The molecule has 246 valence electrons. The van der Waals surface area contributed by atoms with Crippen LogP contribution in [0.4, 0.5) is 0 Å². The van der Waals surface area contributed by atoms with E-state index < -0.39 is 5.41 Å². The molecular formula is C51H32N2. The Bertz CT molecular complexity index is 2850. The van der Waals surface area contributed by atoms with Crippen molar-refractivity contribution >= 4 is 39.6 Å². The first-order valence-corrected chi connectivity index (χ1v) is 18.2. The third-order valence-electron chi connectivity index (χ3n) is 11.4. The van der Waals surface area contributed by atoms with Crippen LogP contribution >= 0.6 is 0 Å². The minimum absolute atomic E-state index is 0.604. The van der Waals surface area contributed by atoms with Gasteiger partial charge in [-0.05, 0) is 89.7 Å². The molecule has 0 fully saturated rings. The van der Waals surface area contributed by atoms with E-state index in [4.69, 9.17) is 9.97 Å². The van der Waals surface area contributed by atoms with Crippen molar-refractivity contribution in [3.63, 3.8) is 0 Å². The first-order chi connectivity index (χ1) is 26.3. The van der Waals surface area contributed by atoms with Gasteiger partial charge in [-0.1, -0.05) is 176 Å². The van der Waals surface area contributed by atoms with E-state index in [1.807, 2.05) is 0 Å². The summed E-state index contributed by atoms with van der Waals surface area (Å²) < 4.78 is 0. The van der Waals surface area contributed by atoms with E-state index in [0.717, 1.165) is 44.5 Å². The van der Waals surface area contributed by atoms with Crippen molar-refractivity contribution < 1.29 is 0 Å². The topological polar surface area (TPSA) is 25.8 Å². The Morgan fingerprint density at radius 1 is 0.434 bits per heavy atom. The molecule has 0 saturated carbocycles. The maximum atomic E-state index is 5.69. The van der Waals surface area contributed by atoms with Crippen LogP contribution in [0.3, 0.4) is 0 Å². The molecule has 1 spiro atoms. The van der Waals surface area contributed by atoms with Crippen LogP contribution in [0.15, 0.2) is 193 Å². The van der Waals surface area contributed by atoms with E-state index in [2.05, 4.69) is 194 Å². The Hall–Kier alpha value is -6.90. The van der Waals surface area contributed by atoms with Gasteiger partial charge in [-0.15, -0.1) is 0 Å². The number of rotatable bonds is 4. The first-order valence-electron chi connectivity index (χ1n) is 18.2. The normalized spacial score (nSPS) is 17.6. The third-order valence-corrected chi connectivity index (χ3v) is 11.4. The van der Waals surface area contributed by atoms with Crippen molar-refractivity contribution in [3.05, 3.63) is 221 Å². The fourth-order valence-corrected chi connectivity index (χ4v) is 8.98. The largest absolute Gasteiger partial charge is 0.236 e. The molecule has 4 aliphatic rings. The number of hydrogen-bond acceptors (Lipinski definition) is 2. The maximum absolute atomic E-state index is 5.69. The lowest BCUT2D eigenvalue weighted by Gasteiger charge is -2.42. The van der Waals surface area contributed by atoms with Crippen molar-refractivity contribution in [2.24, 2.45) is 5.41 Å². The zero-order chi connectivity index (χ0) is 34.9. The number of hydrogen-bond donors (Lipinski definition) is 0. The van der Waals surface area contributed by atoms with Crippen LogP contribution in [-0.2, 0) is 0 Å². The lowest BCUT2D eigenvalue weighted by molar-refractivity contribution is 0.773. The van der Waals surface area contributed by atoms with Gasteiger partial charge in [-0.3, -0.25) is 0 Å². The molecule has 0 radical (unpaired) electrons. The molecule has 6 aromatic carbocycles. The minimum Gasteiger partial charge on any atom is -0.236 e. The zero-order valence-corrected chi connectivity index (χ0v) is 28.9. The summed E-state index contributed by atoms with van der Waals surface area (Å²) >= 11 is 0. The summed E-state index contributed by atoms with van der Waals surface area (Å²) in [5.74, 6) is 0.714. The van der Waals surface area contributed by atoms with Gasteiger partial charge in [-0.2, -0.15) is 0 Å². The van der Waals surface area contributed by atoms with E-state index >= 15 is 0 Å². The fourth-order valence-electron chi connectivity index (χ4n) is 8.98. The Morgan fingerprint density at radius 3 is 1.81 bits per heavy atom. The summed E-state index contributed by atoms with van der Waals surface area (Å²) in [6.07, 6.45) is 18.5. The van der Waals surface area contributed by atoms with Crippen LogP contribution in [0, 0.1) is 5.41 Å². The number of allylic oxidation sites excluding steroid dienone is 10. The summed E-state index contributed by atoms with van der Waals surface area (Å²) in [7, 11) is 0. The second-order valence-electron chi connectivity index (χ2n) is 14.1. The average Bonchev–Trinajstić information content (AvgIpc) is 3.81. The number of aromatic nitrogens is 2. The van der Waals surface area contributed by atoms with E-state index in [-0.39, 0.29) is 0 Å². The third kappa shape index (κ3) is 4.39. The Kier molecular flexibility index (Phi) is 6.50. The molecule has 7 aromatic rings. The maximum Gasteiger partial charge on any atom is 0.160 e. The highest BCUT2D eigenvalue weighted by molar-refractivity contribution is 6.11. The van der Waals surface area contributed by atoms with Gasteiger partial charge in [0.2, 0.25) is 0 Å². The second-order valence-corrected chi connectivity index (χ2v) is 14.1. The van der Waals surface area contributed by atoms with E-state index in [0.29, 0.717) is 5.82 Å². The van der Waals surface area contributed by atoms with Gasteiger partial charge in [0.25, 0.3) is 0 Å². The summed E-state index contributed by atoms with van der Waals surface area (Å²) in [6, 6.07) is 51.8. The molecule has 2 nitrogen and oxygen atoms in total. The Balaban J connectivity index is 1.23. The molecular weight excluding hydrogens is 641 g/mol. The van der Waals surface area contributed by atoms with Crippen LogP contribution in [-0.4, -0.2) is 9.97 Å². The predicted molar refractivity (Wildman–Crippen MR) is 220 cm³/mol. The van der Waals surface area contributed by atoms with E-state index in [1.54, 1.807) is 0 Å². The van der Waals surface area contributed by atoms with Gasteiger partial charge < -0.3 is 0 Å². The van der Waals surface area contributed by atoms with E-state index in [9.17, 15) is 0 Å². The van der Waals surface area contributed by atoms with Gasteiger partial charge in [0.05, 0.1) is 11.1 Å². The highest BCUT2D eigenvalue weighted by atomic mass is 14.9. The minimum atomic E-state index is -0.604. The molecule has 0 bridgehead atoms. The molecule has 1 heterocycles. The molecule has 11 rings (SSSR count). The number of benzene rings is 6. The van der Waals surface area contributed by atoms with Crippen LogP contribution in [0.25, 0.3) is 73.3 Å². The monoisotopic (exact) mass is 672 g/mol. The molecule has 1 aromatic heterocycles. The SMILES string of the molecule is C1=CC2(C3=Cc4ccccc4C3=C1)C1=Cc3ccccc3C1=CC=C2c1nc(-c2cccc3ccccc23)ncc1-c1ccccc1-c1ccccc1. The van der Waals surface area contributed by atoms with Gasteiger partial charge in [-0.25, -0.2) is 9.97 Å². The summed E-state index contributed by atoms with van der Waals surface area (Å²) in [4.78, 5) is 10.9. The van der Waals surface area contributed by atoms with Crippen LogP contribution < -0.4 is 0 Å². The highest BCUT2D eigenvalue weighted by Gasteiger charge is 2.49. The van der Waals surface area contributed by atoms with Crippen LogP contribution in [0.2, 0.25) is 0 Å². The molecule has 0 aliphatic heterocycles. The van der Waals surface area contributed by atoms with Crippen molar-refractivity contribution in [1.82, 2.24) is 9.97 Å². The molecule has 0 N–H and O–H groups in total. The molecule has 53 heavy (non-hydrogen) atoms. The molecule has 1 atom stereocenters. The lowest BCUT2D eigenvalue weighted by Crippen LogP contribution is -2.29. The molecule has 4 aliphatic carbocycles. The summed E-state index contributed by atoms with van der Waals surface area (Å²) in [5.41, 5.74) is 17.0. The molecule has 0 amide bonds. The standard InChI is InChI=1S/C51H32N2/c1-2-14-33(15-3-1)37-20-10-11-24-41(37)45-32-52-50(44-25-12-19-34-16-4-7-21-38(34)44)53-49(45)46-28-27-43-40-23-9-6-18-36(40)31-48(43)51(46)29-13-26-42-39-22-8-5-17-35(39)30-47(42)51/h1-32H. The summed E-state index contributed by atoms with van der Waals surface area (Å²) in [5, 5.41) is 2.31. The fraction of sp³-hybridized carbons (Fsp3) is 0.0196. The van der Waals surface area contributed by atoms with Crippen molar-refractivity contribution in [2.45, 2.75) is 0 Å². The lowest BCUT2D eigenvalue weighted by atomic mass is 9.60. The van der Waals surface area contributed by atoms with Crippen LogP contribution in [0.5, 0.6) is 0 Å². The second kappa shape index (κ2) is 11.6. The quantitative estimate of drug-likeness (QED) is 0.186. The number of nitrogens with zero attached hydrogens (tertiary/aromatic N) is 2. The molecule has 1 unspecified atom stereocenters. The highest BCUT2D eigenvalue weighted by Crippen LogP contribution is 2.64. The predicted octanol–water partition coefficient (Wildman–Crippen LogP) is 12.5. The Morgan fingerprint density at radius 2 is 1.04 bits per heavy atom. The van der Waals surface area contributed by atoms with Crippen molar-refractivity contribution in [3.8, 4) is 33.6 Å². The average molecular weight is 673 g/mol. The van der Waals surface area contributed by atoms with E-state index in [1.165, 1.54) is 49.9 Å². The van der Waals surface area contributed by atoms with Gasteiger partial charge in [0.15, 0.2) is 5.82 Å². The van der Waals surface area contributed by atoms with Crippen LogP contribution in [0.1, 0.15) is 27.9 Å². The summed E-state index contributed by atoms with van der Waals surface area (Å²) in [6.45, 7) is 0. The van der Waals surface area contributed by atoms with Crippen molar-refractivity contribution in [1.29, 1.82) is 0 Å². The molecule has 2 heteroatoms. The molecule has 0 saturated heterocycles. The smallest absolute Gasteiger partial charge is 0.160 e. The van der Waals surface area contributed by atoms with Gasteiger partial charge in [0.1, 0.15) is 0 Å². The zero-order valence-electron chi connectivity index (χ0n) is 28.9. The van der Waals surface area contributed by atoms with Gasteiger partial charge in [0, 0.05) is 17.3 Å². The first kappa shape index (κ1) is 29.8. The van der Waals surface area contributed by atoms with Gasteiger partial charge >= 0.3 is 0 Å². The number of fused-ring (bicyclic) bond motifs is 9. The Labute approximate surface area is 308 Å². The van der Waals surface area contributed by atoms with Crippen molar-refractivity contribution in [2.75, 3.05) is 0 Å².